The molecule has 1 N–H and O–H groups in total. The summed E-state index contributed by atoms with van der Waals surface area (Å²) in [5, 5.41) is 14.3. The number of benzene rings is 4. The van der Waals surface area contributed by atoms with Crippen molar-refractivity contribution in [3.8, 4) is 11.5 Å². The third kappa shape index (κ3) is 1.91. The third-order valence-corrected chi connectivity index (χ3v) is 5.57. The molecule has 0 radical (unpaired) electrons. The van der Waals surface area contributed by atoms with Crippen LogP contribution < -0.4 is 4.74 Å². The highest BCUT2D eigenvalue weighted by Crippen LogP contribution is 2.51. The highest BCUT2D eigenvalue weighted by atomic mass is 16.5. The molecule has 0 bridgehead atoms. The van der Waals surface area contributed by atoms with E-state index in [4.69, 9.17) is 9.15 Å². The number of rotatable bonds is 1. The number of hydrogen-bond donors (Lipinski definition) is 1. The molecule has 2 heterocycles. The Kier molecular flexibility index (Phi) is 3.03. The second kappa shape index (κ2) is 5.47. The first-order valence-corrected chi connectivity index (χ1v) is 9.27. The molecule has 0 fully saturated rings. The van der Waals surface area contributed by atoms with Gasteiger partial charge in [-0.3, -0.25) is 0 Å². The van der Waals surface area contributed by atoms with E-state index in [9.17, 15) is 5.11 Å². The Morgan fingerprint density at radius 1 is 0.571 bits per heavy atom. The number of fused-ring (bicyclic) bond motifs is 5. The molecule has 1 aliphatic rings. The Hall–Kier alpha value is -3.56. The summed E-state index contributed by atoms with van der Waals surface area (Å²) in [6, 6.07) is 29.1. The molecule has 28 heavy (non-hydrogen) atoms. The topological polar surface area (TPSA) is 42.6 Å². The molecule has 4 aromatic carbocycles. The average molecular weight is 364 g/mol. The van der Waals surface area contributed by atoms with Gasteiger partial charge >= 0.3 is 0 Å². The lowest BCUT2D eigenvalue weighted by Gasteiger charge is -2.36. The number of hydrogen-bond acceptors (Lipinski definition) is 3. The fourth-order valence-corrected chi connectivity index (χ4v) is 4.29. The summed E-state index contributed by atoms with van der Waals surface area (Å²) in [7, 11) is 0. The first-order chi connectivity index (χ1) is 13.8. The average Bonchev–Trinajstić information content (AvgIpc) is 3.13. The molecular formula is C25H16O3. The Labute approximate surface area is 161 Å². The van der Waals surface area contributed by atoms with Crippen LogP contribution in [-0.2, 0) is 5.60 Å². The number of para-hydroxylation sites is 4. The summed E-state index contributed by atoms with van der Waals surface area (Å²) < 4.78 is 12.3. The van der Waals surface area contributed by atoms with Crippen molar-refractivity contribution in [3.05, 3.63) is 108 Å². The van der Waals surface area contributed by atoms with Gasteiger partial charge in [-0.2, -0.15) is 0 Å². The van der Waals surface area contributed by atoms with Gasteiger partial charge in [-0.15, -0.1) is 0 Å². The van der Waals surface area contributed by atoms with Crippen LogP contribution in [0.15, 0.2) is 95.4 Å². The Bertz CT molecular complexity index is 1320. The minimum absolute atomic E-state index is 0.650. The predicted octanol–water partition coefficient (Wildman–Crippen LogP) is 5.98. The lowest BCUT2D eigenvalue weighted by molar-refractivity contribution is 0.113. The fraction of sp³-hybridized carbons (Fsp3) is 0.0400. The predicted molar refractivity (Wildman–Crippen MR) is 109 cm³/mol. The van der Waals surface area contributed by atoms with E-state index in [-0.39, 0.29) is 0 Å². The summed E-state index contributed by atoms with van der Waals surface area (Å²) in [4.78, 5) is 0. The lowest BCUT2D eigenvalue weighted by atomic mass is 9.77. The highest BCUT2D eigenvalue weighted by Gasteiger charge is 2.43. The molecule has 0 atom stereocenters. The van der Waals surface area contributed by atoms with Gasteiger partial charge in [0.2, 0.25) is 0 Å². The standard InChI is InChI=1S/C25H16O3/c26-25(18-10-2-5-14-22(18)27-23-15-6-3-11-19(23)25)20-12-7-9-17-16-8-1-4-13-21(16)28-24(17)20/h1-15,26H. The summed E-state index contributed by atoms with van der Waals surface area (Å²) in [6.07, 6.45) is 0. The molecule has 0 amide bonds. The van der Waals surface area contributed by atoms with Crippen molar-refractivity contribution in [2.45, 2.75) is 5.60 Å². The van der Waals surface area contributed by atoms with Crippen molar-refractivity contribution in [1.82, 2.24) is 0 Å². The maximum atomic E-state index is 12.2. The highest BCUT2D eigenvalue weighted by molar-refractivity contribution is 6.06. The second-order valence-corrected chi connectivity index (χ2v) is 7.09. The van der Waals surface area contributed by atoms with Crippen molar-refractivity contribution >= 4 is 21.9 Å². The first kappa shape index (κ1) is 15.5. The van der Waals surface area contributed by atoms with Crippen molar-refractivity contribution in [2.75, 3.05) is 0 Å². The summed E-state index contributed by atoms with van der Waals surface area (Å²) in [6.45, 7) is 0. The van der Waals surface area contributed by atoms with Crippen molar-refractivity contribution in [2.24, 2.45) is 0 Å². The summed E-state index contributed by atoms with van der Waals surface area (Å²) in [5.41, 5.74) is 2.26. The van der Waals surface area contributed by atoms with E-state index < -0.39 is 5.60 Å². The van der Waals surface area contributed by atoms with E-state index >= 15 is 0 Å². The van der Waals surface area contributed by atoms with E-state index in [0.29, 0.717) is 33.8 Å². The van der Waals surface area contributed by atoms with Crippen LogP contribution in [0, 0.1) is 0 Å². The smallest absolute Gasteiger partial charge is 0.151 e. The van der Waals surface area contributed by atoms with Crippen LogP contribution in [-0.4, -0.2) is 5.11 Å². The Morgan fingerprint density at radius 3 is 1.89 bits per heavy atom. The van der Waals surface area contributed by atoms with Crippen molar-refractivity contribution < 1.29 is 14.3 Å². The maximum Gasteiger partial charge on any atom is 0.151 e. The van der Waals surface area contributed by atoms with Crippen LogP contribution in [0.3, 0.4) is 0 Å². The molecule has 3 nitrogen and oxygen atoms in total. The lowest BCUT2D eigenvalue weighted by Crippen LogP contribution is -2.32. The normalized spacial score (nSPS) is 14.5. The Morgan fingerprint density at radius 2 is 1.14 bits per heavy atom. The molecule has 134 valence electrons. The zero-order chi connectivity index (χ0) is 18.7. The van der Waals surface area contributed by atoms with Crippen LogP contribution in [0.5, 0.6) is 11.5 Å². The summed E-state index contributed by atoms with van der Waals surface area (Å²) >= 11 is 0. The molecular weight excluding hydrogens is 348 g/mol. The number of ether oxygens (including phenoxy) is 1. The SMILES string of the molecule is OC1(c2cccc3c2oc2ccccc23)c2ccccc2Oc2ccccc21. The van der Waals surface area contributed by atoms with E-state index in [0.717, 1.165) is 16.4 Å². The third-order valence-electron chi connectivity index (χ3n) is 5.57. The van der Waals surface area contributed by atoms with Crippen LogP contribution in [0.1, 0.15) is 16.7 Å². The van der Waals surface area contributed by atoms with Gasteiger partial charge < -0.3 is 14.3 Å². The molecule has 3 heteroatoms. The fourth-order valence-electron chi connectivity index (χ4n) is 4.29. The van der Waals surface area contributed by atoms with Gasteiger partial charge in [0.15, 0.2) is 5.60 Å². The maximum absolute atomic E-state index is 12.2. The molecule has 0 saturated heterocycles. The molecule has 0 spiro atoms. The van der Waals surface area contributed by atoms with Gasteiger partial charge in [-0.25, -0.2) is 0 Å². The van der Waals surface area contributed by atoms with Crippen LogP contribution >= 0.6 is 0 Å². The molecule has 6 rings (SSSR count). The largest absolute Gasteiger partial charge is 0.457 e. The van der Waals surface area contributed by atoms with Crippen LogP contribution in [0.2, 0.25) is 0 Å². The van der Waals surface area contributed by atoms with E-state index in [1.807, 2.05) is 91.0 Å². The van der Waals surface area contributed by atoms with Gasteiger partial charge in [-0.1, -0.05) is 72.8 Å². The van der Waals surface area contributed by atoms with E-state index in [2.05, 4.69) is 0 Å². The molecule has 1 aromatic heterocycles. The first-order valence-electron chi connectivity index (χ1n) is 9.27. The minimum atomic E-state index is -1.38. The van der Waals surface area contributed by atoms with Crippen molar-refractivity contribution in [1.29, 1.82) is 0 Å². The van der Waals surface area contributed by atoms with Crippen LogP contribution in [0.4, 0.5) is 0 Å². The van der Waals surface area contributed by atoms with E-state index in [1.165, 1.54) is 0 Å². The van der Waals surface area contributed by atoms with Gasteiger partial charge in [-0.05, 0) is 18.2 Å². The Balaban J connectivity index is 1.76. The minimum Gasteiger partial charge on any atom is -0.457 e. The van der Waals surface area contributed by atoms with Gasteiger partial charge in [0.25, 0.3) is 0 Å². The monoisotopic (exact) mass is 364 g/mol. The van der Waals surface area contributed by atoms with Gasteiger partial charge in [0, 0.05) is 27.5 Å². The van der Waals surface area contributed by atoms with Gasteiger partial charge in [0.05, 0.1) is 0 Å². The quantitative estimate of drug-likeness (QED) is 0.398. The summed E-state index contributed by atoms with van der Waals surface area (Å²) in [5.74, 6) is 1.30. The van der Waals surface area contributed by atoms with Crippen molar-refractivity contribution in [3.63, 3.8) is 0 Å². The van der Waals surface area contributed by atoms with Gasteiger partial charge in [0.1, 0.15) is 22.7 Å². The zero-order valence-electron chi connectivity index (χ0n) is 14.9. The van der Waals surface area contributed by atoms with E-state index in [1.54, 1.807) is 0 Å². The number of aliphatic hydroxyl groups is 1. The molecule has 0 unspecified atom stereocenters. The number of furan rings is 1. The second-order valence-electron chi connectivity index (χ2n) is 7.09. The molecule has 0 aliphatic carbocycles. The molecule has 5 aromatic rings. The zero-order valence-corrected chi connectivity index (χ0v) is 14.9. The molecule has 0 saturated carbocycles. The van der Waals surface area contributed by atoms with Crippen LogP contribution in [0.25, 0.3) is 21.9 Å². The molecule has 1 aliphatic heterocycles.